The van der Waals surface area contributed by atoms with Gasteiger partial charge in [0.15, 0.2) is 4.87 Å². The summed E-state index contributed by atoms with van der Waals surface area (Å²) in [7, 11) is 0. The number of carbonyl (C=O) groups is 2. The van der Waals surface area contributed by atoms with Crippen molar-refractivity contribution >= 4 is 35.1 Å². The second-order valence-electron chi connectivity index (χ2n) is 8.13. The SMILES string of the molecule is Cc1cccc(NC(=O)N2CCSC23C(=O)N(Cc2cccc(F)c2)c2ccc(F)cc23)c1. The Labute approximate surface area is 194 Å². The number of hydrogen-bond donors (Lipinski definition) is 1. The van der Waals surface area contributed by atoms with Crippen LogP contribution in [0.1, 0.15) is 16.7 Å². The highest BCUT2D eigenvalue weighted by Crippen LogP contribution is 2.54. The molecule has 3 aromatic rings. The van der Waals surface area contributed by atoms with Gasteiger partial charge in [0.1, 0.15) is 11.6 Å². The third-order valence-electron chi connectivity index (χ3n) is 5.90. The molecule has 1 atom stereocenters. The molecule has 0 aliphatic carbocycles. The molecular weight excluding hydrogens is 444 g/mol. The Morgan fingerprint density at radius 1 is 1.06 bits per heavy atom. The summed E-state index contributed by atoms with van der Waals surface area (Å²) in [6.45, 7) is 2.37. The smallest absolute Gasteiger partial charge is 0.308 e. The summed E-state index contributed by atoms with van der Waals surface area (Å²) in [5.74, 6) is -0.701. The van der Waals surface area contributed by atoms with Crippen LogP contribution < -0.4 is 10.2 Å². The fraction of sp³-hybridized carbons (Fsp3) is 0.200. The molecule has 5 rings (SSSR count). The molecule has 2 aliphatic heterocycles. The number of rotatable bonds is 3. The molecule has 0 saturated carbocycles. The molecule has 168 valence electrons. The van der Waals surface area contributed by atoms with E-state index < -0.39 is 22.5 Å². The van der Waals surface area contributed by atoms with Crippen molar-refractivity contribution in [2.24, 2.45) is 0 Å². The van der Waals surface area contributed by atoms with E-state index in [1.807, 2.05) is 25.1 Å². The fourth-order valence-corrected chi connectivity index (χ4v) is 5.93. The van der Waals surface area contributed by atoms with Crippen LogP contribution in [-0.4, -0.2) is 29.1 Å². The normalized spacial score (nSPS) is 19.3. The quantitative estimate of drug-likeness (QED) is 0.575. The first-order valence-corrected chi connectivity index (χ1v) is 11.5. The summed E-state index contributed by atoms with van der Waals surface area (Å²) < 4.78 is 28.1. The summed E-state index contributed by atoms with van der Waals surface area (Å²) in [5, 5.41) is 2.87. The van der Waals surface area contributed by atoms with Gasteiger partial charge in [-0.1, -0.05) is 24.3 Å². The predicted octanol–water partition coefficient (Wildman–Crippen LogP) is 5.25. The Balaban J connectivity index is 1.54. The molecule has 3 amide bonds. The topological polar surface area (TPSA) is 52.7 Å². The molecule has 1 N–H and O–H groups in total. The maximum absolute atomic E-state index is 14.3. The van der Waals surface area contributed by atoms with E-state index in [2.05, 4.69) is 5.32 Å². The Morgan fingerprint density at radius 3 is 2.64 bits per heavy atom. The minimum atomic E-state index is -1.38. The fourth-order valence-electron chi connectivity index (χ4n) is 4.48. The number of carbonyl (C=O) groups excluding carboxylic acids is 2. The maximum atomic E-state index is 14.3. The number of thioether (sulfide) groups is 1. The monoisotopic (exact) mass is 465 g/mol. The lowest BCUT2D eigenvalue weighted by atomic mass is 10.1. The second kappa shape index (κ2) is 8.19. The van der Waals surface area contributed by atoms with Crippen LogP contribution in [-0.2, 0) is 16.2 Å². The standard InChI is InChI=1S/C25H21F2N3O2S/c1-16-4-2-7-20(12-16)28-24(32)30-10-11-33-25(30)21-14-19(27)8-9-22(21)29(23(25)31)15-17-5-3-6-18(26)13-17/h2-9,12-14H,10-11,15H2,1H3,(H,28,32). The van der Waals surface area contributed by atoms with Crippen LogP contribution in [0.3, 0.4) is 0 Å². The Morgan fingerprint density at radius 2 is 1.85 bits per heavy atom. The Bertz CT molecular complexity index is 1270. The first-order chi connectivity index (χ1) is 15.9. The van der Waals surface area contributed by atoms with Crippen molar-refractivity contribution in [3.05, 3.63) is 95.1 Å². The predicted molar refractivity (Wildman–Crippen MR) is 125 cm³/mol. The number of hydrogen-bond acceptors (Lipinski definition) is 3. The van der Waals surface area contributed by atoms with Gasteiger partial charge in [0, 0.05) is 23.5 Å². The van der Waals surface area contributed by atoms with Crippen molar-refractivity contribution in [2.75, 3.05) is 22.5 Å². The van der Waals surface area contributed by atoms with E-state index >= 15 is 0 Å². The first kappa shape index (κ1) is 21.5. The minimum Gasteiger partial charge on any atom is -0.308 e. The molecule has 2 aliphatic rings. The van der Waals surface area contributed by atoms with Crippen molar-refractivity contribution in [2.45, 2.75) is 18.3 Å². The van der Waals surface area contributed by atoms with Crippen LogP contribution in [0.5, 0.6) is 0 Å². The molecule has 5 nitrogen and oxygen atoms in total. The van der Waals surface area contributed by atoms with E-state index in [1.54, 1.807) is 24.3 Å². The average molecular weight is 466 g/mol. The van der Waals surface area contributed by atoms with E-state index in [-0.39, 0.29) is 12.5 Å². The zero-order valence-corrected chi connectivity index (χ0v) is 18.7. The number of aryl methyl sites for hydroxylation is 1. The molecule has 0 radical (unpaired) electrons. The van der Waals surface area contributed by atoms with Gasteiger partial charge >= 0.3 is 6.03 Å². The molecule has 1 saturated heterocycles. The van der Waals surface area contributed by atoms with Crippen LogP contribution in [0, 0.1) is 18.6 Å². The highest BCUT2D eigenvalue weighted by molar-refractivity contribution is 8.01. The summed E-state index contributed by atoms with van der Waals surface area (Å²) in [5.41, 5.74) is 3.17. The molecule has 0 bridgehead atoms. The number of nitrogens with one attached hydrogen (secondary N) is 1. The summed E-state index contributed by atoms with van der Waals surface area (Å²) >= 11 is 1.31. The molecular formula is C25H21F2N3O2S. The first-order valence-electron chi connectivity index (χ1n) is 10.5. The van der Waals surface area contributed by atoms with Crippen molar-refractivity contribution in [3.63, 3.8) is 0 Å². The van der Waals surface area contributed by atoms with Gasteiger partial charge in [0.2, 0.25) is 0 Å². The molecule has 2 heterocycles. The van der Waals surface area contributed by atoms with Gasteiger partial charge in [-0.15, -0.1) is 11.8 Å². The van der Waals surface area contributed by atoms with Crippen LogP contribution >= 0.6 is 11.8 Å². The van der Waals surface area contributed by atoms with Crippen molar-refractivity contribution in [1.82, 2.24) is 4.90 Å². The van der Waals surface area contributed by atoms with Crippen molar-refractivity contribution < 1.29 is 18.4 Å². The summed E-state index contributed by atoms with van der Waals surface area (Å²) in [6.07, 6.45) is 0. The number of fused-ring (bicyclic) bond motifs is 2. The van der Waals surface area contributed by atoms with Crippen LogP contribution in [0.4, 0.5) is 25.0 Å². The van der Waals surface area contributed by atoms with Crippen LogP contribution in [0.25, 0.3) is 0 Å². The summed E-state index contributed by atoms with van der Waals surface area (Å²) in [4.78, 5) is 28.8. The molecule has 8 heteroatoms. The highest BCUT2D eigenvalue weighted by atomic mass is 32.2. The van der Waals surface area contributed by atoms with Crippen molar-refractivity contribution in [1.29, 1.82) is 0 Å². The Kier molecular flexibility index (Phi) is 5.32. The van der Waals surface area contributed by atoms with Gasteiger partial charge in [-0.2, -0.15) is 0 Å². The highest BCUT2D eigenvalue weighted by Gasteiger charge is 2.59. The van der Waals surface area contributed by atoms with E-state index in [0.717, 1.165) is 5.56 Å². The van der Waals surface area contributed by atoms with Gasteiger partial charge < -0.3 is 10.2 Å². The third kappa shape index (κ3) is 3.64. The number of anilines is 2. The number of halogens is 2. The molecule has 0 aromatic heterocycles. The number of benzene rings is 3. The lowest BCUT2D eigenvalue weighted by molar-refractivity contribution is -0.123. The largest absolute Gasteiger partial charge is 0.323 e. The summed E-state index contributed by atoms with van der Waals surface area (Å²) in [6, 6.07) is 17.1. The third-order valence-corrected chi connectivity index (χ3v) is 7.32. The van der Waals surface area contributed by atoms with Crippen LogP contribution in [0.15, 0.2) is 66.7 Å². The number of amides is 3. The zero-order chi connectivity index (χ0) is 23.2. The Hall–Kier alpha value is -3.39. The number of nitrogens with zero attached hydrogens (tertiary/aromatic N) is 2. The molecule has 33 heavy (non-hydrogen) atoms. The average Bonchev–Trinajstić information content (AvgIpc) is 3.31. The zero-order valence-electron chi connectivity index (χ0n) is 17.8. The maximum Gasteiger partial charge on any atom is 0.323 e. The molecule has 1 spiro atoms. The number of urea groups is 1. The van der Waals surface area contributed by atoms with E-state index in [1.165, 1.54) is 45.8 Å². The van der Waals surface area contributed by atoms with Gasteiger partial charge in [-0.05, 0) is 60.5 Å². The lowest BCUT2D eigenvalue weighted by Gasteiger charge is -2.33. The molecule has 3 aromatic carbocycles. The molecule has 1 unspecified atom stereocenters. The molecule has 1 fully saturated rings. The van der Waals surface area contributed by atoms with Gasteiger partial charge in [0.25, 0.3) is 5.91 Å². The van der Waals surface area contributed by atoms with Gasteiger partial charge in [-0.3, -0.25) is 9.69 Å². The van der Waals surface area contributed by atoms with Gasteiger partial charge in [-0.25, -0.2) is 13.6 Å². The van der Waals surface area contributed by atoms with E-state index in [4.69, 9.17) is 0 Å². The van der Waals surface area contributed by atoms with Gasteiger partial charge in [0.05, 0.1) is 12.2 Å². The second-order valence-corrected chi connectivity index (χ2v) is 9.41. The van der Waals surface area contributed by atoms with E-state index in [9.17, 15) is 18.4 Å². The van der Waals surface area contributed by atoms with Crippen molar-refractivity contribution in [3.8, 4) is 0 Å². The van der Waals surface area contributed by atoms with Crippen LogP contribution in [0.2, 0.25) is 0 Å². The lowest BCUT2D eigenvalue weighted by Crippen LogP contribution is -2.51. The minimum absolute atomic E-state index is 0.116. The van der Waals surface area contributed by atoms with E-state index in [0.29, 0.717) is 34.8 Å².